The molecule has 140 valence electrons. The summed E-state index contributed by atoms with van der Waals surface area (Å²) < 4.78 is 27.3. The largest absolute Gasteiger partial charge is 0.283 e. The monoisotopic (exact) mass is 393 g/mol. The van der Waals surface area contributed by atoms with Gasteiger partial charge in [-0.3, -0.25) is 10.1 Å². The summed E-state index contributed by atoms with van der Waals surface area (Å²) in [5.41, 5.74) is 1.73. The van der Waals surface area contributed by atoms with Gasteiger partial charge in [0.25, 0.3) is 15.7 Å². The maximum Gasteiger partial charge on any atom is 0.283 e. The first kappa shape index (κ1) is 17.9. The van der Waals surface area contributed by atoms with Crippen LogP contribution in [0, 0.1) is 17.0 Å². The summed E-state index contributed by atoms with van der Waals surface area (Å²) in [4.78, 5) is 11.1. The molecule has 0 atom stereocenters. The molecule has 3 aromatic carbocycles. The maximum absolute atomic E-state index is 13.2. The number of hydrogen-bond acceptors (Lipinski definition) is 5. The van der Waals surface area contributed by atoms with E-state index in [1.807, 2.05) is 6.92 Å². The highest BCUT2D eigenvalue weighted by atomic mass is 32.2. The van der Waals surface area contributed by atoms with Gasteiger partial charge in [-0.1, -0.05) is 54.1 Å². The van der Waals surface area contributed by atoms with Crippen LogP contribution in [0.25, 0.3) is 22.2 Å². The number of nitrogens with zero attached hydrogens (tertiary/aromatic N) is 3. The zero-order valence-electron chi connectivity index (χ0n) is 14.8. The zero-order chi connectivity index (χ0) is 19.9. The summed E-state index contributed by atoms with van der Waals surface area (Å²) in [7, 11) is -4.03. The van der Waals surface area contributed by atoms with Gasteiger partial charge in [-0.05, 0) is 25.1 Å². The van der Waals surface area contributed by atoms with Crippen molar-refractivity contribution < 1.29 is 13.3 Å². The first-order valence-corrected chi connectivity index (χ1v) is 9.87. The number of nitro groups is 1. The third-order valence-electron chi connectivity index (χ3n) is 4.44. The van der Waals surface area contributed by atoms with E-state index >= 15 is 0 Å². The molecule has 0 aliphatic carbocycles. The van der Waals surface area contributed by atoms with Crippen LogP contribution in [0.3, 0.4) is 0 Å². The van der Waals surface area contributed by atoms with Gasteiger partial charge in [0.05, 0.1) is 15.3 Å². The number of aromatic nitrogens is 2. The molecule has 4 rings (SSSR count). The van der Waals surface area contributed by atoms with Crippen LogP contribution in [0.5, 0.6) is 0 Å². The lowest BCUT2D eigenvalue weighted by Gasteiger charge is -2.06. The molecule has 7 nitrogen and oxygen atoms in total. The Kier molecular flexibility index (Phi) is 4.20. The number of aryl methyl sites for hydroxylation is 1. The Balaban J connectivity index is 2.07. The number of fused-ring (bicyclic) bond motifs is 1. The number of nitro benzene ring substituents is 1. The summed E-state index contributed by atoms with van der Waals surface area (Å²) in [6.45, 7) is 1.86. The number of non-ortho nitro benzene ring substituents is 1. The van der Waals surface area contributed by atoms with Gasteiger partial charge in [-0.25, -0.2) is 0 Å². The van der Waals surface area contributed by atoms with Crippen LogP contribution in [0.2, 0.25) is 0 Å². The average Bonchev–Trinajstić information content (AvgIpc) is 3.09. The molecule has 8 heteroatoms. The predicted octanol–water partition coefficient (Wildman–Crippen LogP) is 4.16. The Hall–Kier alpha value is -3.52. The second-order valence-electron chi connectivity index (χ2n) is 6.30. The second kappa shape index (κ2) is 6.58. The van der Waals surface area contributed by atoms with Crippen LogP contribution in [-0.2, 0) is 10.0 Å². The molecule has 28 heavy (non-hydrogen) atoms. The minimum atomic E-state index is -4.03. The quantitative estimate of drug-likeness (QED) is 0.383. The number of hydrogen-bond donors (Lipinski definition) is 0. The number of rotatable bonds is 4. The van der Waals surface area contributed by atoms with Gasteiger partial charge in [0.15, 0.2) is 0 Å². The van der Waals surface area contributed by atoms with Gasteiger partial charge in [0.2, 0.25) is 0 Å². The van der Waals surface area contributed by atoms with Crippen LogP contribution in [0.15, 0.2) is 77.7 Å². The van der Waals surface area contributed by atoms with Crippen LogP contribution in [-0.4, -0.2) is 22.5 Å². The molecule has 4 aromatic rings. The summed E-state index contributed by atoms with van der Waals surface area (Å²) in [6.07, 6.45) is 0. The third-order valence-corrected chi connectivity index (χ3v) is 6.05. The molecule has 0 aliphatic rings. The van der Waals surface area contributed by atoms with E-state index in [0.29, 0.717) is 5.56 Å². The smallest absolute Gasteiger partial charge is 0.258 e. The lowest BCUT2D eigenvalue weighted by Crippen LogP contribution is -2.14. The minimum Gasteiger partial charge on any atom is -0.258 e. The molecule has 0 fully saturated rings. The van der Waals surface area contributed by atoms with Crippen molar-refractivity contribution in [2.24, 2.45) is 0 Å². The predicted molar refractivity (Wildman–Crippen MR) is 106 cm³/mol. The highest BCUT2D eigenvalue weighted by Crippen LogP contribution is 2.36. The minimum absolute atomic E-state index is 0.0635. The van der Waals surface area contributed by atoms with Crippen molar-refractivity contribution in [1.29, 1.82) is 0 Å². The Labute approximate surface area is 161 Å². The van der Waals surface area contributed by atoms with Crippen molar-refractivity contribution in [3.63, 3.8) is 0 Å². The topological polar surface area (TPSA) is 95.1 Å². The molecule has 0 radical (unpaired) electrons. The normalized spacial score (nSPS) is 11.6. The zero-order valence-corrected chi connectivity index (χ0v) is 15.6. The van der Waals surface area contributed by atoms with E-state index in [0.717, 1.165) is 9.65 Å². The van der Waals surface area contributed by atoms with Gasteiger partial charge in [-0.15, -0.1) is 0 Å². The van der Waals surface area contributed by atoms with Gasteiger partial charge < -0.3 is 0 Å². The van der Waals surface area contributed by atoms with E-state index in [4.69, 9.17) is 0 Å². The summed E-state index contributed by atoms with van der Waals surface area (Å²) >= 11 is 0. The molecule has 0 N–H and O–H groups in total. The van der Waals surface area contributed by atoms with E-state index in [2.05, 4.69) is 5.10 Å². The van der Waals surface area contributed by atoms with Crippen molar-refractivity contribution in [1.82, 2.24) is 9.19 Å². The summed E-state index contributed by atoms with van der Waals surface area (Å²) in [6, 6.07) is 19.5. The van der Waals surface area contributed by atoms with Crippen LogP contribution in [0.1, 0.15) is 5.56 Å². The van der Waals surface area contributed by atoms with Crippen molar-refractivity contribution in [2.75, 3.05) is 0 Å². The first-order valence-electron chi connectivity index (χ1n) is 8.43. The molecular formula is C20H15N3O4S. The summed E-state index contributed by atoms with van der Waals surface area (Å²) in [5.74, 6) is 0. The van der Waals surface area contributed by atoms with E-state index in [9.17, 15) is 18.5 Å². The van der Waals surface area contributed by atoms with Crippen molar-refractivity contribution in [2.45, 2.75) is 11.8 Å². The maximum atomic E-state index is 13.2. The molecule has 0 spiro atoms. The molecule has 0 bridgehead atoms. The molecule has 0 saturated heterocycles. The van der Waals surface area contributed by atoms with E-state index < -0.39 is 14.9 Å². The average molecular weight is 393 g/mol. The number of benzene rings is 3. The first-order chi connectivity index (χ1) is 13.4. The molecule has 0 aliphatic heterocycles. The van der Waals surface area contributed by atoms with Crippen molar-refractivity contribution >= 4 is 26.6 Å². The molecule has 0 unspecified atom stereocenters. The highest BCUT2D eigenvalue weighted by molar-refractivity contribution is 7.90. The van der Waals surface area contributed by atoms with Crippen LogP contribution < -0.4 is 0 Å². The van der Waals surface area contributed by atoms with Crippen molar-refractivity contribution in [3.05, 3.63) is 88.5 Å². The fourth-order valence-electron chi connectivity index (χ4n) is 3.07. The standard InChI is InChI=1S/C20H15N3O4S/c1-14-10-12-16(13-11-14)28(26,27)22-17-8-5-9-18(23(24)25)19(17)20(21-22)15-6-3-2-4-7-15/h2-13H,1H3. The lowest BCUT2D eigenvalue weighted by atomic mass is 10.1. The van der Waals surface area contributed by atoms with Crippen LogP contribution in [0.4, 0.5) is 5.69 Å². The van der Waals surface area contributed by atoms with Crippen molar-refractivity contribution in [3.8, 4) is 11.3 Å². The fraction of sp³-hybridized carbons (Fsp3) is 0.0500. The van der Waals surface area contributed by atoms with Gasteiger partial charge >= 0.3 is 0 Å². The molecular weight excluding hydrogens is 378 g/mol. The van der Waals surface area contributed by atoms with Gasteiger partial charge in [-0.2, -0.15) is 17.6 Å². The highest BCUT2D eigenvalue weighted by Gasteiger charge is 2.28. The summed E-state index contributed by atoms with van der Waals surface area (Å²) in [5, 5.41) is 16.1. The lowest BCUT2D eigenvalue weighted by molar-refractivity contribution is -0.383. The fourth-order valence-corrected chi connectivity index (χ4v) is 4.35. The Morgan fingerprint density at radius 3 is 2.25 bits per heavy atom. The SMILES string of the molecule is Cc1ccc(S(=O)(=O)n2nc(-c3ccccc3)c3c([N+](=O)[O-])cccc32)cc1. The molecule has 1 heterocycles. The van der Waals surface area contributed by atoms with E-state index in [1.165, 1.54) is 30.3 Å². The molecule has 1 aromatic heterocycles. The molecule has 0 amide bonds. The van der Waals surface area contributed by atoms with E-state index in [1.54, 1.807) is 42.5 Å². The van der Waals surface area contributed by atoms with E-state index in [-0.39, 0.29) is 27.2 Å². The second-order valence-corrected chi connectivity index (χ2v) is 8.07. The van der Waals surface area contributed by atoms with Gasteiger partial charge in [0.1, 0.15) is 11.1 Å². The Bertz CT molecular complexity index is 1290. The van der Waals surface area contributed by atoms with Crippen LogP contribution >= 0.6 is 0 Å². The Morgan fingerprint density at radius 2 is 1.61 bits per heavy atom. The van der Waals surface area contributed by atoms with Gasteiger partial charge in [0, 0.05) is 11.6 Å². The molecule has 0 saturated carbocycles. The Morgan fingerprint density at radius 1 is 0.929 bits per heavy atom. The third kappa shape index (κ3) is 2.84.